The summed E-state index contributed by atoms with van der Waals surface area (Å²) < 4.78 is 25.3. The Kier molecular flexibility index (Phi) is 6.88. The summed E-state index contributed by atoms with van der Waals surface area (Å²) in [5, 5.41) is 3.09. The molecule has 6 heteroatoms. The minimum absolute atomic E-state index is 0. The Morgan fingerprint density at radius 3 is 2.60 bits per heavy atom. The van der Waals surface area contributed by atoms with Gasteiger partial charge in [0.15, 0.2) is 0 Å². The number of carbonyl (C=O) groups is 1. The smallest absolute Gasteiger partial charge is 0.255 e. The van der Waals surface area contributed by atoms with E-state index in [-0.39, 0.29) is 30.8 Å². The predicted molar refractivity (Wildman–Crippen MR) is 76.1 cm³/mol. The minimum atomic E-state index is -2.50. The molecule has 1 N–H and O–H groups in total. The van der Waals surface area contributed by atoms with Crippen molar-refractivity contribution in [2.75, 3.05) is 19.6 Å². The Balaban J connectivity index is 0.00000200. The number of halogens is 3. The fraction of sp³-hybridized carbons (Fsp3) is 0.500. The molecule has 0 spiro atoms. The maximum atomic E-state index is 12.6. The highest BCUT2D eigenvalue weighted by Gasteiger charge is 2.28. The lowest BCUT2D eigenvalue weighted by molar-refractivity contribution is -0.137. The first-order valence-corrected chi connectivity index (χ1v) is 6.48. The molecule has 1 fully saturated rings. The second-order valence-electron chi connectivity index (χ2n) is 4.79. The van der Waals surface area contributed by atoms with Gasteiger partial charge >= 0.3 is 0 Å². The van der Waals surface area contributed by atoms with Crippen LogP contribution in [0.1, 0.15) is 12.0 Å². The van der Waals surface area contributed by atoms with E-state index in [1.54, 1.807) is 0 Å². The molecule has 1 atom stereocenters. The van der Waals surface area contributed by atoms with Crippen molar-refractivity contribution in [1.82, 2.24) is 10.2 Å². The molecule has 1 aliphatic rings. The van der Waals surface area contributed by atoms with E-state index in [1.807, 2.05) is 30.3 Å². The van der Waals surface area contributed by atoms with Crippen molar-refractivity contribution in [3.63, 3.8) is 0 Å². The molecule has 3 nitrogen and oxygen atoms in total. The number of alkyl halides is 2. The van der Waals surface area contributed by atoms with Gasteiger partial charge in [0, 0.05) is 13.1 Å². The van der Waals surface area contributed by atoms with E-state index in [1.165, 1.54) is 4.90 Å². The molecule has 1 heterocycles. The number of nitrogens with zero attached hydrogens (tertiary/aromatic N) is 1. The molecule has 2 rings (SSSR count). The number of rotatable bonds is 5. The second-order valence-corrected chi connectivity index (χ2v) is 4.79. The monoisotopic (exact) mass is 304 g/mol. The largest absolute Gasteiger partial charge is 0.332 e. The highest BCUT2D eigenvalue weighted by atomic mass is 35.5. The fourth-order valence-corrected chi connectivity index (χ4v) is 2.33. The van der Waals surface area contributed by atoms with Crippen molar-refractivity contribution in [1.29, 1.82) is 0 Å². The second kappa shape index (κ2) is 8.17. The first-order valence-electron chi connectivity index (χ1n) is 6.48. The summed E-state index contributed by atoms with van der Waals surface area (Å²) in [6, 6.07) is 9.25. The molecule has 0 aliphatic carbocycles. The number of benzene rings is 1. The molecule has 0 aromatic heterocycles. The maximum Gasteiger partial charge on any atom is 0.255 e. The van der Waals surface area contributed by atoms with Crippen LogP contribution in [-0.4, -0.2) is 36.9 Å². The van der Waals surface area contributed by atoms with Crippen LogP contribution in [0.4, 0.5) is 8.78 Å². The van der Waals surface area contributed by atoms with Gasteiger partial charge in [-0.3, -0.25) is 4.79 Å². The molecule has 1 aromatic carbocycles. The van der Waals surface area contributed by atoms with E-state index < -0.39 is 13.0 Å². The van der Waals surface area contributed by atoms with Crippen LogP contribution in [0, 0.1) is 5.92 Å². The van der Waals surface area contributed by atoms with Crippen molar-refractivity contribution in [3.05, 3.63) is 35.9 Å². The van der Waals surface area contributed by atoms with Gasteiger partial charge in [0.2, 0.25) is 5.91 Å². The third kappa shape index (κ3) is 4.72. The summed E-state index contributed by atoms with van der Waals surface area (Å²) >= 11 is 0. The van der Waals surface area contributed by atoms with Crippen molar-refractivity contribution in [2.45, 2.75) is 19.4 Å². The molecule has 0 radical (unpaired) electrons. The summed E-state index contributed by atoms with van der Waals surface area (Å²) in [7, 11) is 0. The number of hydrogen-bond donors (Lipinski definition) is 1. The molecular weight excluding hydrogens is 286 g/mol. The van der Waals surface area contributed by atoms with Crippen LogP contribution in [0.25, 0.3) is 0 Å². The summed E-state index contributed by atoms with van der Waals surface area (Å²) in [6.45, 7) is 1.13. The average Bonchev–Trinajstić information content (AvgIpc) is 2.91. The highest BCUT2D eigenvalue weighted by Crippen LogP contribution is 2.15. The molecule has 1 saturated heterocycles. The summed E-state index contributed by atoms with van der Waals surface area (Å²) in [6.07, 6.45) is -1.77. The van der Waals surface area contributed by atoms with E-state index in [0.717, 1.165) is 18.5 Å². The van der Waals surface area contributed by atoms with Gasteiger partial charge in [0.25, 0.3) is 6.43 Å². The normalized spacial score (nSPS) is 17.9. The predicted octanol–water partition coefficient (Wildman–Crippen LogP) is 2.31. The zero-order chi connectivity index (χ0) is 13.7. The molecule has 1 aliphatic heterocycles. The lowest BCUT2D eigenvalue weighted by Crippen LogP contribution is -2.39. The molecule has 1 aromatic rings. The lowest BCUT2D eigenvalue weighted by atomic mass is 10.1. The number of amides is 1. The zero-order valence-corrected chi connectivity index (χ0v) is 11.9. The van der Waals surface area contributed by atoms with Crippen LogP contribution in [0.2, 0.25) is 0 Å². The van der Waals surface area contributed by atoms with Crippen LogP contribution in [-0.2, 0) is 11.3 Å². The van der Waals surface area contributed by atoms with Gasteiger partial charge in [0.05, 0.1) is 12.5 Å². The van der Waals surface area contributed by atoms with Crippen LogP contribution in [0.5, 0.6) is 0 Å². The van der Waals surface area contributed by atoms with E-state index >= 15 is 0 Å². The number of hydrogen-bond acceptors (Lipinski definition) is 2. The Hall–Kier alpha value is -1.20. The Morgan fingerprint density at radius 1 is 1.35 bits per heavy atom. The van der Waals surface area contributed by atoms with E-state index in [0.29, 0.717) is 6.54 Å². The zero-order valence-electron chi connectivity index (χ0n) is 11.1. The molecule has 20 heavy (non-hydrogen) atoms. The Bertz CT molecular complexity index is 411. The molecular formula is C14H19ClF2N2O. The van der Waals surface area contributed by atoms with Crippen molar-refractivity contribution < 1.29 is 13.6 Å². The van der Waals surface area contributed by atoms with Crippen LogP contribution >= 0.6 is 12.4 Å². The standard InChI is InChI=1S/C14H18F2N2O.ClH/c15-13(16)10-18(9-11-4-2-1-3-5-11)14(19)12-6-7-17-8-12;/h1-5,12-13,17H,6-10H2;1H. The van der Waals surface area contributed by atoms with Crippen molar-refractivity contribution in [2.24, 2.45) is 5.92 Å². The van der Waals surface area contributed by atoms with Gasteiger partial charge in [-0.2, -0.15) is 0 Å². The average molecular weight is 305 g/mol. The van der Waals surface area contributed by atoms with Crippen LogP contribution in [0.15, 0.2) is 30.3 Å². The van der Waals surface area contributed by atoms with Crippen LogP contribution in [0.3, 0.4) is 0 Å². The van der Waals surface area contributed by atoms with E-state index in [2.05, 4.69) is 5.32 Å². The number of carbonyl (C=O) groups excluding carboxylic acids is 1. The SMILES string of the molecule is Cl.O=C(C1CCNC1)N(Cc1ccccc1)CC(F)F. The lowest BCUT2D eigenvalue weighted by Gasteiger charge is -2.25. The topological polar surface area (TPSA) is 32.3 Å². The van der Waals surface area contributed by atoms with E-state index in [9.17, 15) is 13.6 Å². The maximum absolute atomic E-state index is 12.6. The van der Waals surface area contributed by atoms with Crippen molar-refractivity contribution >= 4 is 18.3 Å². The molecule has 1 amide bonds. The van der Waals surface area contributed by atoms with E-state index in [4.69, 9.17) is 0 Å². The van der Waals surface area contributed by atoms with Crippen molar-refractivity contribution in [3.8, 4) is 0 Å². The van der Waals surface area contributed by atoms with Gasteiger partial charge in [0.1, 0.15) is 0 Å². The quantitative estimate of drug-likeness (QED) is 0.905. The molecule has 0 bridgehead atoms. The van der Waals surface area contributed by atoms with Gasteiger partial charge in [-0.05, 0) is 18.5 Å². The minimum Gasteiger partial charge on any atom is -0.332 e. The molecule has 112 valence electrons. The van der Waals surface area contributed by atoms with Gasteiger partial charge in [-0.15, -0.1) is 12.4 Å². The molecule has 0 saturated carbocycles. The first kappa shape index (κ1) is 16.9. The third-order valence-electron chi connectivity index (χ3n) is 3.30. The fourth-order valence-electron chi connectivity index (χ4n) is 2.33. The number of nitrogens with one attached hydrogen (secondary N) is 1. The van der Waals surface area contributed by atoms with Gasteiger partial charge in [-0.25, -0.2) is 8.78 Å². The van der Waals surface area contributed by atoms with Gasteiger partial charge in [-0.1, -0.05) is 30.3 Å². The summed E-state index contributed by atoms with van der Waals surface area (Å²) in [4.78, 5) is 13.5. The summed E-state index contributed by atoms with van der Waals surface area (Å²) in [5.41, 5.74) is 0.877. The summed E-state index contributed by atoms with van der Waals surface area (Å²) in [5.74, 6) is -0.336. The first-order chi connectivity index (χ1) is 9.16. The highest BCUT2D eigenvalue weighted by molar-refractivity contribution is 5.85. The third-order valence-corrected chi connectivity index (χ3v) is 3.30. The van der Waals surface area contributed by atoms with Crippen LogP contribution < -0.4 is 5.32 Å². The Labute approximate surface area is 123 Å². The molecule has 1 unspecified atom stereocenters. The Morgan fingerprint density at radius 2 is 2.05 bits per heavy atom. The van der Waals surface area contributed by atoms with Gasteiger partial charge < -0.3 is 10.2 Å².